The number of amides is 1. The summed E-state index contributed by atoms with van der Waals surface area (Å²) in [5, 5.41) is 0. The third-order valence-electron chi connectivity index (χ3n) is 4.34. The van der Waals surface area contributed by atoms with Gasteiger partial charge in [-0.1, -0.05) is 42.5 Å². The van der Waals surface area contributed by atoms with Gasteiger partial charge in [-0.2, -0.15) is 0 Å². The third-order valence-corrected chi connectivity index (χ3v) is 4.34. The Balaban J connectivity index is 2.25. The van der Waals surface area contributed by atoms with E-state index in [9.17, 15) is 9.59 Å². The molecule has 1 amide bonds. The van der Waals surface area contributed by atoms with Crippen molar-refractivity contribution in [1.82, 2.24) is 4.90 Å². The first-order valence-corrected chi connectivity index (χ1v) is 9.98. The first-order chi connectivity index (χ1) is 14.7. The Labute approximate surface area is 183 Å². The lowest BCUT2D eigenvalue weighted by Gasteiger charge is -2.31. The molecule has 4 N–H and O–H groups in total. The average molecular weight is 430 g/mol. The van der Waals surface area contributed by atoms with Crippen molar-refractivity contribution in [3.63, 3.8) is 0 Å². The summed E-state index contributed by atoms with van der Waals surface area (Å²) in [6.07, 6.45) is -1.38. The maximum absolute atomic E-state index is 12.7. The number of hydrogen-bond donors (Lipinski definition) is 2. The molecule has 0 heterocycles. The highest BCUT2D eigenvalue weighted by Gasteiger charge is 2.28. The van der Waals surface area contributed by atoms with Gasteiger partial charge in [-0.25, -0.2) is 9.59 Å². The lowest BCUT2D eigenvalue weighted by Crippen LogP contribution is -2.51. The van der Waals surface area contributed by atoms with Gasteiger partial charge in [-0.15, -0.1) is 0 Å². The molecule has 8 heteroatoms. The molecule has 0 saturated heterocycles. The molecule has 0 spiro atoms. The Hall–Kier alpha value is -3.10. The predicted octanol–water partition coefficient (Wildman–Crippen LogP) is 3.03. The summed E-state index contributed by atoms with van der Waals surface area (Å²) in [5.41, 5.74) is 12.7. The number of hydrogen-bond acceptors (Lipinski definition) is 7. The van der Waals surface area contributed by atoms with Gasteiger partial charge in [-0.05, 0) is 32.4 Å². The SMILES string of the molecule is COc1c(CN(C(=O)OC(C)(C)C)C(N)CN)cccc1C(=O)OCc1ccccc1. The van der Waals surface area contributed by atoms with E-state index in [-0.39, 0.29) is 25.3 Å². The van der Waals surface area contributed by atoms with E-state index in [2.05, 4.69) is 0 Å². The second-order valence-corrected chi connectivity index (χ2v) is 7.97. The Morgan fingerprint density at radius 3 is 2.32 bits per heavy atom. The molecule has 0 aliphatic carbocycles. The van der Waals surface area contributed by atoms with Crippen LogP contribution in [0, 0.1) is 0 Å². The van der Waals surface area contributed by atoms with Crippen LogP contribution in [-0.2, 0) is 22.6 Å². The van der Waals surface area contributed by atoms with Crippen LogP contribution in [0.4, 0.5) is 4.79 Å². The van der Waals surface area contributed by atoms with E-state index in [1.165, 1.54) is 12.0 Å². The molecule has 0 bridgehead atoms. The minimum Gasteiger partial charge on any atom is -0.495 e. The predicted molar refractivity (Wildman–Crippen MR) is 117 cm³/mol. The Morgan fingerprint density at radius 1 is 1.06 bits per heavy atom. The van der Waals surface area contributed by atoms with Gasteiger partial charge in [0.15, 0.2) is 0 Å². The molecule has 0 fully saturated rings. The van der Waals surface area contributed by atoms with Crippen LogP contribution in [0.3, 0.4) is 0 Å². The Morgan fingerprint density at radius 2 is 1.74 bits per heavy atom. The summed E-state index contributed by atoms with van der Waals surface area (Å²) in [6, 6.07) is 14.4. The topological polar surface area (TPSA) is 117 Å². The molecule has 2 aromatic carbocycles. The summed E-state index contributed by atoms with van der Waals surface area (Å²) in [5.74, 6) is -0.229. The van der Waals surface area contributed by atoms with E-state index in [0.717, 1.165) is 5.56 Å². The van der Waals surface area contributed by atoms with Gasteiger partial charge >= 0.3 is 12.1 Å². The van der Waals surface area contributed by atoms with Gasteiger partial charge in [-0.3, -0.25) is 4.90 Å². The number of para-hydroxylation sites is 1. The lowest BCUT2D eigenvalue weighted by atomic mass is 10.1. The zero-order chi connectivity index (χ0) is 23.0. The van der Waals surface area contributed by atoms with Crippen LogP contribution >= 0.6 is 0 Å². The van der Waals surface area contributed by atoms with Crippen molar-refractivity contribution < 1.29 is 23.8 Å². The van der Waals surface area contributed by atoms with Crippen molar-refractivity contribution >= 4 is 12.1 Å². The van der Waals surface area contributed by atoms with Crippen LogP contribution in [0.5, 0.6) is 5.75 Å². The van der Waals surface area contributed by atoms with Crippen LogP contribution in [0.1, 0.15) is 42.3 Å². The molecule has 31 heavy (non-hydrogen) atoms. The van der Waals surface area contributed by atoms with E-state index in [1.54, 1.807) is 39.0 Å². The molecule has 0 aliphatic rings. The standard InChI is InChI=1S/C23H31N3O5/c1-23(2,3)31-22(28)26(19(25)13-24)14-17-11-8-12-18(20(17)29-4)21(27)30-15-16-9-6-5-7-10-16/h5-12,19H,13-15,24-25H2,1-4H3. The fourth-order valence-electron chi connectivity index (χ4n) is 2.86. The maximum Gasteiger partial charge on any atom is 0.411 e. The largest absolute Gasteiger partial charge is 0.495 e. The number of carbonyl (C=O) groups is 2. The smallest absolute Gasteiger partial charge is 0.411 e. The zero-order valence-corrected chi connectivity index (χ0v) is 18.5. The van der Waals surface area contributed by atoms with Gasteiger partial charge < -0.3 is 25.7 Å². The first kappa shape index (κ1) is 24.2. The average Bonchev–Trinajstić information content (AvgIpc) is 2.74. The van der Waals surface area contributed by atoms with Crippen LogP contribution in [0.15, 0.2) is 48.5 Å². The highest BCUT2D eigenvalue weighted by molar-refractivity contribution is 5.93. The van der Waals surface area contributed by atoms with Crippen LogP contribution in [0.25, 0.3) is 0 Å². The number of rotatable bonds is 8. The van der Waals surface area contributed by atoms with Gasteiger partial charge in [0, 0.05) is 12.1 Å². The monoisotopic (exact) mass is 429 g/mol. The molecule has 0 saturated carbocycles. The molecule has 168 valence electrons. The Kier molecular flexibility index (Phi) is 8.41. The van der Waals surface area contributed by atoms with Crippen molar-refractivity contribution in [1.29, 1.82) is 0 Å². The first-order valence-electron chi connectivity index (χ1n) is 9.98. The minimum atomic E-state index is -0.770. The number of benzene rings is 2. The summed E-state index contributed by atoms with van der Waals surface area (Å²) in [7, 11) is 1.45. The number of methoxy groups -OCH3 is 1. The molecule has 0 radical (unpaired) electrons. The van der Waals surface area contributed by atoms with Gasteiger partial charge in [0.2, 0.25) is 0 Å². The lowest BCUT2D eigenvalue weighted by molar-refractivity contribution is 0.0151. The summed E-state index contributed by atoms with van der Waals surface area (Å²) in [6.45, 7) is 5.52. The Bertz CT molecular complexity index is 881. The zero-order valence-electron chi connectivity index (χ0n) is 18.5. The molecule has 0 aromatic heterocycles. The van der Waals surface area contributed by atoms with Crippen molar-refractivity contribution in [2.75, 3.05) is 13.7 Å². The highest BCUT2D eigenvalue weighted by Crippen LogP contribution is 2.27. The van der Waals surface area contributed by atoms with Crippen molar-refractivity contribution in [3.8, 4) is 5.75 Å². The van der Waals surface area contributed by atoms with E-state index >= 15 is 0 Å². The number of esters is 1. The van der Waals surface area contributed by atoms with Crippen molar-refractivity contribution in [2.45, 2.75) is 45.7 Å². The van der Waals surface area contributed by atoms with Gasteiger partial charge in [0.25, 0.3) is 0 Å². The number of carbonyl (C=O) groups excluding carboxylic acids is 2. The molecule has 1 unspecified atom stereocenters. The van der Waals surface area contributed by atoms with Crippen LogP contribution in [-0.4, -0.2) is 42.4 Å². The van der Waals surface area contributed by atoms with E-state index in [0.29, 0.717) is 11.3 Å². The van der Waals surface area contributed by atoms with Crippen molar-refractivity contribution in [2.24, 2.45) is 11.5 Å². The van der Waals surface area contributed by atoms with Crippen LogP contribution < -0.4 is 16.2 Å². The van der Waals surface area contributed by atoms with Gasteiger partial charge in [0.1, 0.15) is 23.5 Å². The molecule has 1 atom stereocenters. The molecule has 2 rings (SSSR count). The second-order valence-electron chi connectivity index (χ2n) is 7.97. The number of nitrogens with zero attached hydrogens (tertiary/aromatic N) is 1. The highest BCUT2D eigenvalue weighted by atomic mass is 16.6. The van der Waals surface area contributed by atoms with E-state index < -0.39 is 23.8 Å². The summed E-state index contributed by atoms with van der Waals surface area (Å²) >= 11 is 0. The third kappa shape index (κ3) is 6.97. The number of nitrogens with two attached hydrogens (primary N) is 2. The summed E-state index contributed by atoms with van der Waals surface area (Å²) < 4.78 is 16.4. The van der Waals surface area contributed by atoms with Crippen LogP contribution in [0.2, 0.25) is 0 Å². The molecule has 0 aliphatic heterocycles. The fourth-order valence-corrected chi connectivity index (χ4v) is 2.86. The number of ether oxygens (including phenoxy) is 3. The summed E-state index contributed by atoms with van der Waals surface area (Å²) in [4.78, 5) is 26.7. The normalized spacial score (nSPS) is 12.1. The second kappa shape index (κ2) is 10.8. The minimum absolute atomic E-state index is 0.0420. The maximum atomic E-state index is 12.7. The molecular weight excluding hydrogens is 398 g/mol. The quantitative estimate of drug-likeness (QED) is 0.489. The fraction of sp³-hybridized carbons (Fsp3) is 0.391. The molecule has 2 aromatic rings. The van der Waals surface area contributed by atoms with Crippen molar-refractivity contribution in [3.05, 3.63) is 65.2 Å². The molecule has 8 nitrogen and oxygen atoms in total. The van der Waals surface area contributed by atoms with Gasteiger partial charge in [0.05, 0.1) is 19.8 Å². The van der Waals surface area contributed by atoms with E-state index in [4.69, 9.17) is 25.7 Å². The molecular formula is C23H31N3O5. The van der Waals surface area contributed by atoms with E-state index in [1.807, 2.05) is 30.3 Å².